The van der Waals surface area contributed by atoms with E-state index < -0.39 is 29.3 Å². The second-order valence-electron chi connectivity index (χ2n) is 2.65. The van der Waals surface area contributed by atoms with Gasteiger partial charge in [-0.3, -0.25) is 0 Å². The smallest absolute Gasteiger partial charge is 0.418 e. The third-order valence-corrected chi connectivity index (χ3v) is 1.64. The average Bonchev–Trinajstić information content (AvgIpc) is 2.01. The minimum Gasteiger partial charge on any atom is -0.507 e. The van der Waals surface area contributed by atoms with Crippen LogP contribution in [-0.4, -0.2) is 21.5 Å². The fraction of sp³-hybridized carbons (Fsp3) is 0.250. The molecule has 0 aliphatic rings. The van der Waals surface area contributed by atoms with Gasteiger partial charge in [-0.2, -0.15) is 13.2 Å². The molecular formula is C8H7F3O3. The molecule has 1 unspecified atom stereocenters. The third kappa shape index (κ3) is 1.90. The van der Waals surface area contributed by atoms with Crippen LogP contribution in [0.5, 0.6) is 11.5 Å². The van der Waals surface area contributed by atoms with Crippen LogP contribution in [0.3, 0.4) is 0 Å². The predicted octanol–water partition coefficient (Wildman–Crippen LogP) is 1.69. The molecule has 0 amide bonds. The van der Waals surface area contributed by atoms with Gasteiger partial charge in [0.2, 0.25) is 0 Å². The van der Waals surface area contributed by atoms with Crippen molar-refractivity contribution in [3.05, 3.63) is 23.8 Å². The second kappa shape index (κ2) is 3.38. The molecule has 0 aliphatic carbocycles. The zero-order valence-corrected chi connectivity index (χ0v) is 6.78. The highest BCUT2D eigenvalue weighted by Gasteiger charge is 2.42. The van der Waals surface area contributed by atoms with Gasteiger partial charge in [0.1, 0.15) is 11.5 Å². The lowest BCUT2D eigenvalue weighted by Crippen LogP contribution is -2.20. The van der Waals surface area contributed by atoms with Gasteiger partial charge < -0.3 is 15.3 Å². The Balaban J connectivity index is 3.19. The van der Waals surface area contributed by atoms with E-state index in [9.17, 15) is 13.2 Å². The molecule has 1 atom stereocenters. The summed E-state index contributed by atoms with van der Waals surface area (Å²) in [6.45, 7) is 0. The quantitative estimate of drug-likeness (QED) is 0.658. The van der Waals surface area contributed by atoms with E-state index >= 15 is 0 Å². The van der Waals surface area contributed by atoms with Crippen molar-refractivity contribution in [2.75, 3.05) is 0 Å². The summed E-state index contributed by atoms with van der Waals surface area (Å²) in [5.74, 6) is -1.59. The zero-order valence-electron chi connectivity index (χ0n) is 6.78. The molecule has 0 bridgehead atoms. The van der Waals surface area contributed by atoms with Gasteiger partial charge in [-0.15, -0.1) is 0 Å². The summed E-state index contributed by atoms with van der Waals surface area (Å²) in [6, 6.07) is 3.06. The van der Waals surface area contributed by atoms with Gasteiger partial charge in [0.15, 0.2) is 6.10 Å². The lowest BCUT2D eigenvalue weighted by Gasteiger charge is -2.16. The molecular weight excluding hydrogens is 201 g/mol. The molecule has 3 nitrogen and oxygen atoms in total. The lowest BCUT2D eigenvalue weighted by atomic mass is 10.1. The van der Waals surface area contributed by atoms with E-state index in [0.29, 0.717) is 0 Å². The number of rotatable bonds is 1. The maximum Gasteiger partial charge on any atom is 0.418 e. The summed E-state index contributed by atoms with van der Waals surface area (Å²) in [5, 5.41) is 26.8. The van der Waals surface area contributed by atoms with Crippen LogP contribution in [0.2, 0.25) is 0 Å². The van der Waals surface area contributed by atoms with Gasteiger partial charge in [0.25, 0.3) is 0 Å². The number of phenols is 2. The van der Waals surface area contributed by atoms with Crippen LogP contribution in [0.1, 0.15) is 11.7 Å². The molecule has 0 saturated heterocycles. The summed E-state index contributed by atoms with van der Waals surface area (Å²) in [7, 11) is 0. The lowest BCUT2D eigenvalue weighted by molar-refractivity contribution is -0.207. The molecule has 0 saturated carbocycles. The number of aliphatic hydroxyl groups excluding tert-OH is 1. The molecule has 78 valence electrons. The molecule has 6 heteroatoms. The standard InChI is InChI=1S/C8H7F3O3/c9-8(10,11)7(14)6-4(12)2-1-3-5(6)13/h1-3,7,12-14H. The molecule has 14 heavy (non-hydrogen) atoms. The Morgan fingerprint density at radius 1 is 1.07 bits per heavy atom. The molecule has 0 spiro atoms. The van der Waals surface area contributed by atoms with Crippen molar-refractivity contribution in [3.8, 4) is 11.5 Å². The summed E-state index contributed by atoms with van der Waals surface area (Å²) < 4.78 is 36.1. The number of halogens is 3. The maximum atomic E-state index is 12.0. The first kappa shape index (κ1) is 10.6. The molecule has 1 rings (SSSR count). The normalized spacial score (nSPS) is 14.0. The van der Waals surface area contributed by atoms with Gasteiger partial charge in [-0.1, -0.05) is 6.07 Å². The Bertz CT molecular complexity index is 315. The maximum absolute atomic E-state index is 12.0. The van der Waals surface area contributed by atoms with E-state index in [-0.39, 0.29) is 0 Å². The van der Waals surface area contributed by atoms with E-state index in [2.05, 4.69) is 0 Å². The number of aliphatic hydroxyl groups is 1. The number of benzene rings is 1. The molecule has 1 aromatic carbocycles. The second-order valence-corrected chi connectivity index (χ2v) is 2.65. The Hall–Kier alpha value is -1.43. The molecule has 3 N–H and O–H groups in total. The van der Waals surface area contributed by atoms with E-state index in [1.54, 1.807) is 0 Å². The number of alkyl halides is 3. The summed E-state index contributed by atoms with van der Waals surface area (Å²) in [6.07, 6.45) is -7.81. The largest absolute Gasteiger partial charge is 0.507 e. The van der Waals surface area contributed by atoms with Crippen molar-refractivity contribution >= 4 is 0 Å². The van der Waals surface area contributed by atoms with Crippen LogP contribution >= 0.6 is 0 Å². The topological polar surface area (TPSA) is 60.7 Å². The summed E-state index contributed by atoms with van der Waals surface area (Å²) in [5.41, 5.74) is -0.931. The van der Waals surface area contributed by atoms with E-state index in [1.807, 2.05) is 0 Å². The highest BCUT2D eigenvalue weighted by Crippen LogP contribution is 2.40. The first-order valence-corrected chi connectivity index (χ1v) is 3.59. The molecule has 0 aromatic heterocycles. The van der Waals surface area contributed by atoms with Crippen LogP contribution in [0, 0.1) is 0 Å². The SMILES string of the molecule is Oc1cccc(O)c1C(O)C(F)(F)F. The molecule has 0 aliphatic heterocycles. The number of phenolic OH excluding ortho intramolecular Hbond substituents is 2. The van der Waals surface area contributed by atoms with E-state index in [0.717, 1.165) is 18.2 Å². The van der Waals surface area contributed by atoms with Crippen molar-refractivity contribution < 1.29 is 28.5 Å². The van der Waals surface area contributed by atoms with E-state index in [4.69, 9.17) is 15.3 Å². The number of aromatic hydroxyl groups is 2. The molecule has 0 heterocycles. The van der Waals surface area contributed by atoms with Crippen LogP contribution in [0.4, 0.5) is 13.2 Å². The zero-order chi connectivity index (χ0) is 10.9. The van der Waals surface area contributed by atoms with Crippen LogP contribution in [-0.2, 0) is 0 Å². The number of hydrogen-bond acceptors (Lipinski definition) is 3. The molecule has 0 fully saturated rings. The van der Waals surface area contributed by atoms with Crippen LogP contribution in [0.15, 0.2) is 18.2 Å². The minimum atomic E-state index is -4.92. The van der Waals surface area contributed by atoms with Crippen LogP contribution < -0.4 is 0 Å². The van der Waals surface area contributed by atoms with Crippen molar-refractivity contribution in [1.29, 1.82) is 0 Å². The first-order chi connectivity index (χ1) is 6.34. The Morgan fingerprint density at radius 2 is 1.50 bits per heavy atom. The third-order valence-electron chi connectivity index (χ3n) is 1.64. The molecule has 1 aromatic rings. The average molecular weight is 208 g/mol. The first-order valence-electron chi connectivity index (χ1n) is 3.59. The number of hydrogen-bond donors (Lipinski definition) is 3. The van der Waals surface area contributed by atoms with Crippen molar-refractivity contribution in [3.63, 3.8) is 0 Å². The Labute approximate surface area is 77.0 Å². The summed E-state index contributed by atoms with van der Waals surface area (Å²) in [4.78, 5) is 0. The predicted molar refractivity (Wildman–Crippen MR) is 40.8 cm³/mol. The van der Waals surface area contributed by atoms with Gasteiger partial charge >= 0.3 is 6.18 Å². The minimum absolute atomic E-state index is 0.796. The van der Waals surface area contributed by atoms with Gasteiger partial charge in [-0.05, 0) is 12.1 Å². The van der Waals surface area contributed by atoms with Gasteiger partial charge in [0.05, 0.1) is 5.56 Å². The highest BCUT2D eigenvalue weighted by atomic mass is 19.4. The fourth-order valence-corrected chi connectivity index (χ4v) is 0.985. The monoisotopic (exact) mass is 208 g/mol. The Kier molecular flexibility index (Phi) is 2.57. The Morgan fingerprint density at radius 3 is 1.86 bits per heavy atom. The van der Waals surface area contributed by atoms with Gasteiger partial charge in [0, 0.05) is 0 Å². The highest BCUT2D eigenvalue weighted by molar-refractivity contribution is 5.44. The van der Waals surface area contributed by atoms with Crippen molar-refractivity contribution in [2.24, 2.45) is 0 Å². The van der Waals surface area contributed by atoms with E-state index in [1.165, 1.54) is 0 Å². The van der Waals surface area contributed by atoms with Crippen molar-refractivity contribution in [2.45, 2.75) is 12.3 Å². The fourth-order valence-electron chi connectivity index (χ4n) is 0.985. The van der Waals surface area contributed by atoms with Gasteiger partial charge in [-0.25, -0.2) is 0 Å². The van der Waals surface area contributed by atoms with Crippen LogP contribution in [0.25, 0.3) is 0 Å². The summed E-state index contributed by atoms with van der Waals surface area (Å²) >= 11 is 0. The van der Waals surface area contributed by atoms with Crippen molar-refractivity contribution in [1.82, 2.24) is 0 Å². The molecule has 0 radical (unpaired) electrons.